The molecule has 0 N–H and O–H groups in total. The standard InChI is InChI=1S/C10H13BrN2O3/c1-6(2)7(3)16-10-9(13(14)15)4-8(11)5-12-10/h4-7H,1-3H3. The lowest BCUT2D eigenvalue weighted by molar-refractivity contribution is -0.386. The first-order valence-corrected chi connectivity index (χ1v) is 5.67. The molecule has 88 valence electrons. The molecular weight excluding hydrogens is 276 g/mol. The Hall–Kier alpha value is -1.17. The van der Waals surface area contributed by atoms with E-state index in [1.54, 1.807) is 0 Å². The summed E-state index contributed by atoms with van der Waals surface area (Å²) in [6.07, 6.45) is 1.36. The minimum Gasteiger partial charge on any atom is -0.470 e. The Morgan fingerprint density at radius 3 is 2.62 bits per heavy atom. The van der Waals surface area contributed by atoms with E-state index < -0.39 is 4.92 Å². The summed E-state index contributed by atoms with van der Waals surface area (Å²) >= 11 is 3.14. The highest BCUT2D eigenvalue weighted by atomic mass is 79.9. The molecular formula is C10H13BrN2O3. The van der Waals surface area contributed by atoms with Crippen molar-refractivity contribution in [2.45, 2.75) is 26.9 Å². The maximum absolute atomic E-state index is 10.8. The molecule has 1 rings (SSSR count). The van der Waals surface area contributed by atoms with Crippen LogP contribution in [0.4, 0.5) is 5.69 Å². The van der Waals surface area contributed by atoms with Gasteiger partial charge in [-0.15, -0.1) is 0 Å². The van der Waals surface area contributed by atoms with E-state index in [9.17, 15) is 10.1 Å². The third kappa shape index (κ3) is 3.16. The number of rotatable bonds is 4. The lowest BCUT2D eigenvalue weighted by Crippen LogP contribution is -2.19. The summed E-state index contributed by atoms with van der Waals surface area (Å²) in [5.74, 6) is 0.333. The summed E-state index contributed by atoms with van der Waals surface area (Å²) < 4.78 is 6.01. The van der Waals surface area contributed by atoms with Crippen LogP contribution >= 0.6 is 15.9 Å². The van der Waals surface area contributed by atoms with E-state index in [0.29, 0.717) is 4.47 Å². The van der Waals surface area contributed by atoms with Gasteiger partial charge >= 0.3 is 5.69 Å². The number of aromatic nitrogens is 1. The van der Waals surface area contributed by atoms with Crippen molar-refractivity contribution in [3.8, 4) is 5.88 Å². The van der Waals surface area contributed by atoms with Crippen molar-refractivity contribution in [2.75, 3.05) is 0 Å². The van der Waals surface area contributed by atoms with E-state index in [-0.39, 0.29) is 23.6 Å². The van der Waals surface area contributed by atoms with Crippen molar-refractivity contribution in [3.05, 3.63) is 26.9 Å². The first kappa shape index (κ1) is 12.9. The van der Waals surface area contributed by atoms with Gasteiger partial charge in [-0.05, 0) is 28.8 Å². The summed E-state index contributed by atoms with van der Waals surface area (Å²) in [6.45, 7) is 5.82. The molecule has 0 saturated heterocycles. The molecule has 1 aromatic rings. The molecule has 0 aliphatic heterocycles. The molecule has 0 radical (unpaired) electrons. The highest BCUT2D eigenvalue weighted by molar-refractivity contribution is 9.10. The Kier molecular flexibility index (Phi) is 4.23. The van der Waals surface area contributed by atoms with Crippen molar-refractivity contribution in [1.82, 2.24) is 4.98 Å². The van der Waals surface area contributed by atoms with Crippen LogP contribution in [-0.4, -0.2) is 16.0 Å². The van der Waals surface area contributed by atoms with Crippen LogP contribution in [0.1, 0.15) is 20.8 Å². The Labute approximate surface area is 102 Å². The van der Waals surface area contributed by atoms with Crippen LogP contribution in [0.3, 0.4) is 0 Å². The Morgan fingerprint density at radius 2 is 2.12 bits per heavy atom. The van der Waals surface area contributed by atoms with Crippen LogP contribution in [-0.2, 0) is 0 Å². The molecule has 0 fully saturated rings. The lowest BCUT2D eigenvalue weighted by Gasteiger charge is -2.16. The average molecular weight is 289 g/mol. The third-order valence-corrected chi connectivity index (χ3v) is 2.67. The van der Waals surface area contributed by atoms with Gasteiger partial charge in [0.1, 0.15) is 6.10 Å². The first-order valence-electron chi connectivity index (χ1n) is 4.88. The van der Waals surface area contributed by atoms with Gasteiger partial charge in [0.15, 0.2) is 0 Å². The number of hydrogen-bond acceptors (Lipinski definition) is 4. The number of pyridine rings is 1. The topological polar surface area (TPSA) is 65.3 Å². The number of halogens is 1. The summed E-state index contributed by atoms with van der Waals surface area (Å²) in [6, 6.07) is 1.38. The number of nitrogens with zero attached hydrogens (tertiary/aromatic N) is 2. The summed E-state index contributed by atoms with van der Waals surface area (Å²) in [7, 11) is 0. The first-order chi connectivity index (χ1) is 7.41. The number of nitro groups is 1. The highest BCUT2D eigenvalue weighted by Gasteiger charge is 2.20. The second kappa shape index (κ2) is 5.25. The summed E-state index contributed by atoms with van der Waals surface area (Å²) in [4.78, 5) is 14.2. The molecule has 0 saturated carbocycles. The SMILES string of the molecule is CC(C)C(C)Oc1ncc(Br)cc1[N+](=O)[O-]. The second-order valence-corrected chi connectivity index (χ2v) is 4.72. The van der Waals surface area contributed by atoms with Crippen molar-refractivity contribution < 1.29 is 9.66 Å². The fourth-order valence-electron chi connectivity index (χ4n) is 0.950. The zero-order chi connectivity index (χ0) is 12.3. The van der Waals surface area contributed by atoms with Gasteiger partial charge in [0.2, 0.25) is 0 Å². The van der Waals surface area contributed by atoms with Crippen LogP contribution in [0.25, 0.3) is 0 Å². The van der Waals surface area contributed by atoms with E-state index in [1.807, 2.05) is 20.8 Å². The number of hydrogen-bond donors (Lipinski definition) is 0. The predicted octanol–water partition coefficient (Wildman–Crippen LogP) is 3.18. The maximum Gasteiger partial charge on any atom is 0.332 e. The van der Waals surface area contributed by atoms with Gasteiger partial charge in [0.25, 0.3) is 5.88 Å². The predicted molar refractivity (Wildman–Crippen MR) is 63.5 cm³/mol. The maximum atomic E-state index is 10.8. The lowest BCUT2D eigenvalue weighted by atomic mass is 10.1. The van der Waals surface area contributed by atoms with Crippen molar-refractivity contribution in [3.63, 3.8) is 0 Å². The molecule has 1 unspecified atom stereocenters. The van der Waals surface area contributed by atoms with Crippen LogP contribution in [0.2, 0.25) is 0 Å². The van der Waals surface area contributed by atoms with Crippen LogP contribution in [0, 0.1) is 16.0 Å². The van der Waals surface area contributed by atoms with Gasteiger partial charge in [-0.1, -0.05) is 13.8 Å². The zero-order valence-corrected chi connectivity index (χ0v) is 10.9. The molecule has 0 aromatic carbocycles. The minimum absolute atomic E-state index is 0.0643. The Morgan fingerprint density at radius 1 is 1.50 bits per heavy atom. The molecule has 0 aliphatic rings. The summed E-state index contributed by atoms with van der Waals surface area (Å²) in [5.41, 5.74) is -0.123. The van der Waals surface area contributed by atoms with Crippen LogP contribution < -0.4 is 4.74 Å². The van der Waals surface area contributed by atoms with Crippen molar-refractivity contribution in [1.29, 1.82) is 0 Å². The fourth-order valence-corrected chi connectivity index (χ4v) is 1.27. The van der Waals surface area contributed by atoms with E-state index in [2.05, 4.69) is 20.9 Å². The quantitative estimate of drug-likeness (QED) is 0.630. The minimum atomic E-state index is -0.500. The molecule has 0 bridgehead atoms. The van der Waals surface area contributed by atoms with Crippen molar-refractivity contribution in [2.24, 2.45) is 5.92 Å². The largest absolute Gasteiger partial charge is 0.470 e. The van der Waals surface area contributed by atoms with E-state index in [1.165, 1.54) is 12.3 Å². The molecule has 0 amide bonds. The number of ether oxygens (including phenoxy) is 1. The van der Waals surface area contributed by atoms with Gasteiger partial charge in [-0.25, -0.2) is 4.98 Å². The molecule has 0 spiro atoms. The third-order valence-electron chi connectivity index (χ3n) is 2.23. The van der Waals surface area contributed by atoms with E-state index in [0.717, 1.165) is 0 Å². The summed E-state index contributed by atoms with van der Waals surface area (Å²) in [5, 5.41) is 10.8. The van der Waals surface area contributed by atoms with Crippen LogP contribution in [0.15, 0.2) is 16.7 Å². The zero-order valence-electron chi connectivity index (χ0n) is 9.31. The molecule has 1 atom stereocenters. The molecule has 1 aromatic heterocycles. The van der Waals surface area contributed by atoms with E-state index >= 15 is 0 Å². The highest BCUT2D eigenvalue weighted by Crippen LogP contribution is 2.28. The molecule has 5 nitrogen and oxygen atoms in total. The molecule has 0 aliphatic carbocycles. The van der Waals surface area contributed by atoms with Gasteiger partial charge < -0.3 is 4.74 Å². The van der Waals surface area contributed by atoms with Gasteiger partial charge in [0.05, 0.1) is 4.92 Å². The van der Waals surface area contributed by atoms with Crippen molar-refractivity contribution >= 4 is 21.6 Å². The smallest absolute Gasteiger partial charge is 0.332 e. The average Bonchev–Trinajstić information content (AvgIpc) is 2.20. The van der Waals surface area contributed by atoms with Gasteiger partial charge in [-0.2, -0.15) is 0 Å². The molecule has 1 heterocycles. The second-order valence-electron chi connectivity index (χ2n) is 3.80. The molecule has 6 heteroatoms. The van der Waals surface area contributed by atoms with Crippen LogP contribution in [0.5, 0.6) is 5.88 Å². The monoisotopic (exact) mass is 288 g/mol. The normalized spacial score (nSPS) is 12.6. The Bertz CT molecular complexity index is 396. The fraction of sp³-hybridized carbons (Fsp3) is 0.500. The van der Waals surface area contributed by atoms with Gasteiger partial charge in [0, 0.05) is 16.7 Å². The molecule has 16 heavy (non-hydrogen) atoms. The van der Waals surface area contributed by atoms with Gasteiger partial charge in [-0.3, -0.25) is 10.1 Å². The Balaban J connectivity index is 2.99. The van der Waals surface area contributed by atoms with E-state index in [4.69, 9.17) is 4.74 Å².